The fraction of sp³-hybridized carbons (Fsp3) is 0.219. The molecular formula is C32H30F3NO3. The van der Waals surface area contributed by atoms with Crippen LogP contribution >= 0.6 is 0 Å². The molecule has 0 saturated heterocycles. The summed E-state index contributed by atoms with van der Waals surface area (Å²) in [7, 11) is 0. The molecule has 4 rings (SSSR count). The molecule has 2 atom stereocenters. The van der Waals surface area contributed by atoms with Gasteiger partial charge < -0.3 is 9.84 Å². The van der Waals surface area contributed by atoms with E-state index in [0.29, 0.717) is 17.7 Å². The van der Waals surface area contributed by atoms with Gasteiger partial charge in [-0.15, -0.1) is 13.2 Å². The normalized spacial score (nSPS) is 13.2. The van der Waals surface area contributed by atoms with Gasteiger partial charge in [-0.3, -0.25) is 9.69 Å². The van der Waals surface area contributed by atoms with Gasteiger partial charge in [-0.05, 0) is 65.4 Å². The van der Waals surface area contributed by atoms with Gasteiger partial charge in [0.1, 0.15) is 5.75 Å². The van der Waals surface area contributed by atoms with Crippen LogP contribution in [0.25, 0.3) is 11.1 Å². The highest BCUT2D eigenvalue weighted by atomic mass is 19.4. The third-order valence-electron chi connectivity index (χ3n) is 6.78. The first-order valence-corrected chi connectivity index (χ1v) is 12.6. The van der Waals surface area contributed by atoms with Crippen molar-refractivity contribution in [2.24, 2.45) is 0 Å². The molecule has 0 bridgehead atoms. The van der Waals surface area contributed by atoms with Gasteiger partial charge in [-0.25, -0.2) is 0 Å². The van der Waals surface area contributed by atoms with Crippen LogP contribution in [0.15, 0.2) is 103 Å². The Balaban J connectivity index is 1.79. The van der Waals surface area contributed by atoms with Gasteiger partial charge in [0.05, 0.1) is 6.42 Å². The standard InChI is InChI=1S/C32H30F3NO3/c1-22-16-17-27(19-29(22)26-14-9-15-28(18-26)39-32(33,34)35)30(20-31(37)38)36(21-24-10-5-3-6-11-24)23(2)25-12-7-4-8-13-25/h3-19,23,30H,20-21H2,1-2H3,(H,37,38). The van der Waals surface area contributed by atoms with Gasteiger partial charge in [0.25, 0.3) is 0 Å². The van der Waals surface area contributed by atoms with Crippen LogP contribution < -0.4 is 4.74 Å². The highest BCUT2D eigenvalue weighted by Gasteiger charge is 2.31. The van der Waals surface area contributed by atoms with E-state index in [9.17, 15) is 23.1 Å². The van der Waals surface area contributed by atoms with E-state index >= 15 is 0 Å². The van der Waals surface area contributed by atoms with E-state index in [4.69, 9.17) is 0 Å². The molecule has 0 saturated carbocycles. The van der Waals surface area contributed by atoms with Crippen LogP contribution in [-0.2, 0) is 11.3 Å². The maximum Gasteiger partial charge on any atom is 0.573 e. The maximum absolute atomic E-state index is 12.8. The number of hydrogen-bond acceptors (Lipinski definition) is 3. The number of ether oxygens (including phenoxy) is 1. The predicted molar refractivity (Wildman–Crippen MR) is 145 cm³/mol. The van der Waals surface area contributed by atoms with Crippen LogP contribution in [0.5, 0.6) is 5.75 Å². The van der Waals surface area contributed by atoms with Gasteiger partial charge in [0, 0.05) is 18.6 Å². The van der Waals surface area contributed by atoms with Gasteiger partial charge >= 0.3 is 12.3 Å². The zero-order chi connectivity index (χ0) is 28.0. The Morgan fingerprint density at radius 2 is 1.54 bits per heavy atom. The number of nitrogens with zero attached hydrogens (tertiary/aromatic N) is 1. The number of alkyl halides is 3. The fourth-order valence-electron chi connectivity index (χ4n) is 4.84. The molecule has 4 aromatic carbocycles. The van der Waals surface area contributed by atoms with Crippen molar-refractivity contribution in [2.75, 3.05) is 0 Å². The van der Waals surface area contributed by atoms with Gasteiger partial charge in [0.15, 0.2) is 0 Å². The summed E-state index contributed by atoms with van der Waals surface area (Å²) in [6, 6.07) is 30.6. The van der Waals surface area contributed by atoms with Crippen molar-refractivity contribution in [3.8, 4) is 16.9 Å². The lowest BCUT2D eigenvalue weighted by molar-refractivity contribution is -0.274. The first kappa shape index (κ1) is 27.9. The smallest absolute Gasteiger partial charge is 0.481 e. The SMILES string of the molecule is Cc1ccc(C(CC(=O)O)N(Cc2ccccc2)C(C)c2ccccc2)cc1-c1cccc(OC(F)(F)F)c1. The molecular weight excluding hydrogens is 503 g/mol. The molecule has 0 heterocycles. The summed E-state index contributed by atoms with van der Waals surface area (Å²) in [4.78, 5) is 14.3. The van der Waals surface area contributed by atoms with Gasteiger partial charge in [0.2, 0.25) is 0 Å². The Kier molecular flexibility index (Phi) is 8.72. The molecule has 4 aromatic rings. The Bertz CT molecular complexity index is 1390. The lowest BCUT2D eigenvalue weighted by atomic mass is 9.92. The fourth-order valence-corrected chi connectivity index (χ4v) is 4.84. The molecule has 2 unspecified atom stereocenters. The first-order chi connectivity index (χ1) is 18.6. The third kappa shape index (κ3) is 7.48. The van der Waals surface area contributed by atoms with Gasteiger partial charge in [-0.1, -0.05) is 84.9 Å². The van der Waals surface area contributed by atoms with Crippen LogP contribution in [0.4, 0.5) is 13.2 Å². The number of hydrogen-bond donors (Lipinski definition) is 1. The number of halogens is 3. The van der Waals surface area contributed by atoms with Crippen LogP contribution in [0.3, 0.4) is 0 Å². The molecule has 7 heteroatoms. The number of carbonyl (C=O) groups is 1. The number of carboxylic acid groups (broad SMARTS) is 1. The van der Waals surface area contributed by atoms with E-state index in [2.05, 4.69) is 16.6 Å². The number of aliphatic carboxylic acids is 1. The molecule has 4 nitrogen and oxygen atoms in total. The summed E-state index contributed by atoms with van der Waals surface area (Å²) in [5.41, 5.74) is 4.97. The van der Waals surface area contributed by atoms with Crippen molar-refractivity contribution in [3.63, 3.8) is 0 Å². The number of rotatable bonds is 10. The van der Waals surface area contributed by atoms with Crippen LogP contribution in [0.1, 0.15) is 47.7 Å². The average molecular weight is 534 g/mol. The summed E-state index contributed by atoms with van der Waals surface area (Å²) in [6.07, 6.45) is -4.95. The highest BCUT2D eigenvalue weighted by Crippen LogP contribution is 2.38. The number of carboxylic acids is 1. The molecule has 39 heavy (non-hydrogen) atoms. The van der Waals surface area contributed by atoms with Crippen molar-refractivity contribution in [3.05, 3.63) is 125 Å². The van der Waals surface area contributed by atoms with Crippen LogP contribution in [0.2, 0.25) is 0 Å². The van der Waals surface area contributed by atoms with Crippen molar-refractivity contribution in [1.82, 2.24) is 4.90 Å². The lowest BCUT2D eigenvalue weighted by Crippen LogP contribution is -2.32. The number of aryl methyl sites for hydroxylation is 1. The molecule has 1 N–H and O–H groups in total. The van der Waals surface area contributed by atoms with E-state index in [0.717, 1.165) is 22.3 Å². The molecule has 0 aliphatic heterocycles. The second-order valence-corrected chi connectivity index (χ2v) is 9.51. The molecule has 0 spiro atoms. The Labute approximate surface area is 226 Å². The average Bonchev–Trinajstić information content (AvgIpc) is 2.91. The summed E-state index contributed by atoms with van der Waals surface area (Å²) in [6.45, 7) is 4.43. The molecule has 0 aliphatic carbocycles. The second-order valence-electron chi connectivity index (χ2n) is 9.51. The second kappa shape index (κ2) is 12.2. The molecule has 0 fully saturated rings. The molecule has 0 aliphatic rings. The molecule has 0 aromatic heterocycles. The zero-order valence-corrected chi connectivity index (χ0v) is 21.7. The van der Waals surface area contributed by atoms with Crippen molar-refractivity contribution < 1.29 is 27.8 Å². The van der Waals surface area contributed by atoms with Crippen molar-refractivity contribution >= 4 is 5.97 Å². The largest absolute Gasteiger partial charge is 0.573 e. The monoisotopic (exact) mass is 533 g/mol. The topological polar surface area (TPSA) is 49.8 Å². The lowest BCUT2D eigenvalue weighted by Gasteiger charge is -2.37. The van der Waals surface area contributed by atoms with Crippen LogP contribution in [0, 0.1) is 6.92 Å². The van der Waals surface area contributed by atoms with Crippen molar-refractivity contribution in [2.45, 2.75) is 45.3 Å². The first-order valence-electron chi connectivity index (χ1n) is 12.6. The minimum absolute atomic E-state index is 0.121. The van der Waals surface area contributed by atoms with Crippen LogP contribution in [-0.4, -0.2) is 22.3 Å². The van der Waals surface area contributed by atoms with E-state index < -0.39 is 18.4 Å². The minimum Gasteiger partial charge on any atom is -0.481 e. The van der Waals surface area contributed by atoms with Gasteiger partial charge in [-0.2, -0.15) is 0 Å². The Morgan fingerprint density at radius 3 is 2.18 bits per heavy atom. The minimum atomic E-state index is -4.80. The molecule has 202 valence electrons. The summed E-state index contributed by atoms with van der Waals surface area (Å²) < 4.78 is 42.7. The van der Waals surface area contributed by atoms with E-state index in [1.165, 1.54) is 18.2 Å². The molecule has 0 amide bonds. The molecule has 0 radical (unpaired) electrons. The maximum atomic E-state index is 12.8. The zero-order valence-electron chi connectivity index (χ0n) is 21.7. The highest BCUT2D eigenvalue weighted by molar-refractivity contribution is 5.71. The number of benzene rings is 4. The third-order valence-corrected chi connectivity index (χ3v) is 6.78. The van der Waals surface area contributed by atoms with E-state index in [1.54, 1.807) is 6.07 Å². The van der Waals surface area contributed by atoms with E-state index in [1.807, 2.05) is 85.8 Å². The Morgan fingerprint density at radius 1 is 0.872 bits per heavy atom. The van der Waals surface area contributed by atoms with Crippen molar-refractivity contribution in [1.29, 1.82) is 0 Å². The summed E-state index contributed by atoms with van der Waals surface area (Å²) >= 11 is 0. The predicted octanol–water partition coefficient (Wildman–Crippen LogP) is 8.34. The van der Waals surface area contributed by atoms with E-state index in [-0.39, 0.29) is 18.2 Å². The summed E-state index contributed by atoms with van der Waals surface area (Å²) in [5, 5.41) is 9.95. The summed E-state index contributed by atoms with van der Waals surface area (Å²) in [5.74, 6) is -1.25. The Hall–Kier alpha value is -4.10. The quantitative estimate of drug-likeness (QED) is 0.223.